The van der Waals surface area contributed by atoms with E-state index in [-0.39, 0.29) is 0 Å². The van der Waals surface area contributed by atoms with Crippen LogP contribution >= 0.6 is 0 Å². The van der Waals surface area contributed by atoms with Crippen molar-refractivity contribution < 1.29 is 5.11 Å². The number of amidine groups is 1. The van der Waals surface area contributed by atoms with Crippen molar-refractivity contribution in [3.05, 3.63) is 53.6 Å². The topological polar surface area (TPSA) is 47.9 Å². The first-order valence-corrected chi connectivity index (χ1v) is 7.54. The van der Waals surface area contributed by atoms with Crippen LogP contribution in [-0.4, -0.2) is 30.6 Å². The number of hydrogen-bond donors (Lipinski definition) is 2. The second-order valence-corrected chi connectivity index (χ2v) is 5.65. The Bertz CT molecular complexity index is 692. The van der Waals surface area contributed by atoms with E-state index in [9.17, 15) is 5.11 Å². The molecule has 0 fully saturated rings. The standard InChI is InChI=1S/C18H21N3O/c1-13-3-6-15(7-4-13)21(12-18-19-9-10-20-18)16-8-5-14(2)17(22)11-16/h3-8,11,22H,9-10,12H2,1-2H3,(H,19,20). The van der Waals surface area contributed by atoms with Gasteiger partial charge in [-0.25, -0.2) is 0 Å². The van der Waals surface area contributed by atoms with E-state index < -0.39 is 0 Å². The number of phenolic OH excluding ortho intramolecular Hbond substituents is 1. The summed E-state index contributed by atoms with van der Waals surface area (Å²) in [5.74, 6) is 1.30. The quantitative estimate of drug-likeness (QED) is 0.911. The maximum atomic E-state index is 10.0. The van der Waals surface area contributed by atoms with Gasteiger partial charge in [0.1, 0.15) is 11.6 Å². The third kappa shape index (κ3) is 3.06. The van der Waals surface area contributed by atoms with Crippen molar-refractivity contribution in [1.29, 1.82) is 0 Å². The molecule has 1 heterocycles. The Morgan fingerprint density at radius 2 is 1.82 bits per heavy atom. The van der Waals surface area contributed by atoms with Gasteiger partial charge in [-0.15, -0.1) is 0 Å². The van der Waals surface area contributed by atoms with Crippen LogP contribution in [0.2, 0.25) is 0 Å². The summed E-state index contributed by atoms with van der Waals surface area (Å²) in [5.41, 5.74) is 4.16. The van der Waals surface area contributed by atoms with Gasteiger partial charge in [0.25, 0.3) is 0 Å². The van der Waals surface area contributed by atoms with Crippen LogP contribution in [0.25, 0.3) is 0 Å². The molecule has 0 atom stereocenters. The number of aliphatic imine (C=N–C) groups is 1. The monoisotopic (exact) mass is 295 g/mol. The molecule has 2 aromatic carbocycles. The van der Waals surface area contributed by atoms with Gasteiger partial charge in [0.05, 0.1) is 13.1 Å². The fraction of sp³-hybridized carbons (Fsp3) is 0.278. The summed E-state index contributed by atoms with van der Waals surface area (Å²) in [5, 5.41) is 13.3. The summed E-state index contributed by atoms with van der Waals surface area (Å²) in [6.45, 7) is 6.38. The summed E-state index contributed by atoms with van der Waals surface area (Å²) in [4.78, 5) is 6.65. The molecule has 0 spiro atoms. The maximum absolute atomic E-state index is 10.0. The van der Waals surface area contributed by atoms with E-state index in [0.717, 1.165) is 35.9 Å². The Kier molecular flexibility index (Phi) is 4.00. The van der Waals surface area contributed by atoms with Crippen LogP contribution in [0.3, 0.4) is 0 Å². The molecule has 3 rings (SSSR count). The number of aromatic hydroxyl groups is 1. The molecule has 0 aliphatic carbocycles. The number of nitrogens with zero attached hydrogens (tertiary/aromatic N) is 2. The summed E-state index contributed by atoms with van der Waals surface area (Å²) in [6, 6.07) is 14.2. The third-order valence-corrected chi connectivity index (χ3v) is 3.90. The molecular weight excluding hydrogens is 274 g/mol. The zero-order valence-electron chi connectivity index (χ0n) is 13.0. The Morgan fingerprint density at radius 3 is 2.45 bits per heavy atom. The van der Waals surface area contributed by atoms with E-state index in [4.69, 9.17) is 0 Å². The van der Waals surface area contributed by atoms with Gasteiger partial charge >= 0.3 is 0 Å². The van der Waals surface area contributed by atoms with Gasteiger partial charge in [0.2, 0.25) is 0 Å². The highest BCUT2D eigenvalue weighted by molar-refractivity contribution is 5.90. The Balaban J connectivity index is 1.97. The number of anilines is 2. The zero-order chi connectivity index (χ0) is 15.5. The molecule has 0 saturated heterocycles. The maximum Gasteiger partial charge on any atom is 0.120 e. The predicted octanol–water partition coefficient (Wildman–Crippen LogP) is 3.15. The van der Waals surface area contributed by atoms with Gasteiger partial charge < -0.3 is 15.3 Å². The zero-order valence-corrected chi connectivity index (χ0v) is 13.0. The van der Waals surface area contributed by atoms with Crippen LogP contribution in [0, 0.1) is 13.8 Å². The minimum atomic E-state index is 0.316. The molecule has 4 heteroatoms. The number of benzene rings is 2. The van der Waals surface area contributed by atoms with Gasteiger partial charge in [0, 0.05) is 24.0 Å². The van der Waals surface area contributed by atoms with E-state index in [1.54, 1.807) is 0 Å². The lowest BCUT2D eigenvalue weighted by Gasteiger charge is -2.25. The smallest absolute Gasteiger partial charge is 0.120 e. The number of hydrogen-bond acceptors (Lipinski definition) is 4. The number of rotatable bonds is 4. The molecule has 2 aromatic rings. The molecule has 0 aromatic heterocycles. The van der Waals surface area contributed by atoms with Crippen LogP contribution in [0.5, 0.6) is 5.75 Å². The minimum Gasteiger partial charge on any atom is -0.508 e. The molecule has 22 heavy (non-hydrogen) atoms. The lowest BCUT2D eigenvalue weighted by molar-refractivity contribution is 0.471. The molecule has 1 aliphatic heterocycles. The van der Waals surface area contributed by atoms with Crippen LogP contribution in [-0.2, 0) is 0 Å². The van der Waals surface area contributed by atoms with E-state index in [0.29, 0.717) is 12.3 Å². The van der Waals surface area contributed by atoms with Crippen LogP contribution in [0.15, 0.2) is 47.5 Å². The number of aryl methyl sites for hydroxylation is 2. The van der Waals surface area contributed by atoms with E-state index in [1.165, 1.54) is 5.56 Å². The van der Waals surface area contributed by atoms with Gasteiger partial charge in [-0.1, -0.05) is 23.8 Å². The van der Waals surface area contributed by atoms with Crippen molar-refractivity contribution >= 4 is 17.2 Å². The average molecular weight is 295 g/mol. The summed E-state index contributed by atoms with van der Waals surface area (Å²) in [7, 11) is 0. The van der Waals surface area contributed by atoms with Crippen molar-refractivity contribution in [3.63, 3.8) is 0 Å². The Morgan fingerprint density at radius 1 is 1.09 bits per heavy atom. The lowest BCUT2D eigenvalue weighted by atomic mass is 10.1. The molecule has 0 bridgehead atoms. The Hall–Kier alpha value is -2.49. The minimum absolute atomic E-state index is 0.316. The normalized spacial score (nSPS) is 13.6. The first-order chi connectivity index (χ1) is 10.6. The Labute approximate surface area is 131 Å². The van der Waals surface area contributed by atoms with Crippen LogP contribution in [0.4, 0.5) is 11.4 Å². The van der Waals surface area contributed by atoms with Gasteiger partial charge in [-0.2, -0.15) is 0 Å². The molecule has 0 amide bonds. The number of nitrogens with one attached hydrogen (secondary N) is 1. The summed E-state index contributed by atoms with van der Waals surface area (Å²) < 4.78 is 0. The summed E-state index contributed by atoms with van der Waals surface area (Å²) in [6.07, 6.45) is 0. The van der Waals surface area contributed by atoms with Crippen molar-refractivity contribution in [3.8, 4) is 5.75 Å². The SMILES string of the molecule is Cc1ccc(N(CC2=NCCN2)c2ccc(C)c(O)c2)cc1. The second kappa shape index (κ2) is 6.10. The molecule has 0 radical (unpaired) electrons. The fourth-order valence-electron chi connectivity index (χ4n) is 2.52. The predicted molar refractivity (Wildman–Crippen MR) is 91.3 cm³/mol. The molecular formula is C18H21N3O. The highest BCUT2D eigenvalue weighted by atomic mass is 16.3. The van der Waals surface area contributed by atoms with Gasteiger partial charge in [-0.3, -0.25) is 4.99 Å². The molecule has 2 N–H and O–H groups in total. The molecule has 114 valence electrons. The molecule has 0 unspecified atom stereocenters. The largest absolute Gasteiger partial charge is 0.508 e. The first kappa shape index (κ1) is 14.4. The van der Waals surface area contributed by atoms with Crippen LogP contribution < -0.4 is 10.2 Å². The lowest BCUT2D eigenvalue weighted by Crippen LogP contribution is -2.32. The third-order valence-electron chi connectivity index (χ3n) is 3.90. The van der Waals surface area contributed by atoms with Gasteiger partial charge in [0.15, 0.2) is 0 Å². The van der Waals surface area contributed by atoms with E-state index >= 15 is 0 Å². The first-order valence-electron chi connectivity index (χ1n) is 7.54. The van der Waals surface area contributed by atoms with Crippen molar-refractivity contribution in [2.75, 3.05) is 24.5 Å². The van der Waals surface area contributed by atoms with Crippen molar-refractivity contribution in [2.24, 2.45) is 4.99 Å². The van der Waals surface area contributed by atoms with E-state index in [2.05, 4.69) is 46.4 Å². The average Bonchev–Trinajstić information content (AvgIpc) is 3.02. The van der Waals surface area contributed by atoms with Gasteiger partial charge in [-0.05, 0) is 37.6 Å². The van der Waals surface area contributed by atoms with Crippen molar-refractivity contribution in [1.82, 2.24) is 5.32 Å². The highest BCUT2D eigenvalue weighted by Crippen LogP contribution is 2.30. The van der Waals surface area contributed by atoms with E-state index in [1.807, 2.05) is 25.1 Å². The molecule has 4 nitrogen and oxygen atoms in total. The van der Waals surface area contributed by atoms with Crippen molar-refractivity contribution in [2.45, 2.75) is 13.8 Å². The number of phenols is 1. The molecule has 1 aliphatic rings. The molecule has 0 saturated carbocycles. The van der Waals surface area contributed by atoms with Crippen LogP contribution in [0.1, 0.15) is 11.1 Å². The summed E-state index contributed by atoms with van der Waals surface area (Å²) >= 11 is 0. The fourth-order valence-corrected chi connectivity index (χ4v) is 2.52. The second-order valence-electron chi connectivity index (χ2n) is 5.65. The highest BCUT2D eigenvalue weighted by Gasteiger charge is 2.15.